The summed E-state index contributed by atoms with van der Waals surface area (Å²) in [6, 6.07) is 10.1. The van der Waals surface area contributed by atoms with E-state index in [-0.39, 0.29) is 12.0 Å². The fraction of sp³-hybridized carbons (Fsp3) is 0.320. The van der Waals surface area contributed by atoms with Gasteiger partial charge < -0.3 is 24.1 Å². The van der Waals surface area contributed by atoms with E-state index in [1.807, 2.05) is 4.57 Å². The standard InChI is InChI=1S/C25H29N3O7/c1-33-16-9-11-21-18(13-16)24(30)19(15-28(21)12-6-4-5-7-23(29)27-32)25(31)26-20-10-8-17(34-2)14-22(20)35-3/h8-11,13-15,32H,4-7,12H2,1-3H3,(H,26,31)(H,27,29). The summed E-state index contributed by atoms with van der Waals surface area (Å²) in [5, 5.41) is 11.7. The molecule has 0 atom stereocenters. The Balaban J connectivity index is 1.92. The SMILES string of the molecule is COc1ccc(NC(=O)c2cn(CCCCCC(=O)NO)c3ccc(OC)cc3c2=O)c(OC)c1. The van der Waals surface area contributed by atoms with Crippen LogP contribution in [0.2, 0.25) is 0 Å². The molecule has 0 spiro atoms. The van der Waals surface area contributed by atoms with E-state index in [2.05, 4.69) is 5.32 Å². The number of amides is 2. The lowest BCUT2D eigenvalue weighted by molar-refractivity contribution is -0.129. The molecule has 0 saturated heterocycles. The van der Waals surface area contributed by atoms with Crippen molar-refractivity contribution >= 4 is 28.4 Å². The summed E-state index contributed by atoms with van der Waals surface area (Å²) in [5.41, 5.74) is 2.25. The molecule has 0 saturated carbocycles. The van der Waals surface area contributed by atoms with Crippen LogP contribution in [0.25, 0.3) is 10.9 Å². The van der Waals surface area contributed by atoms with Gasteiger partial charge in [0.1, 0.15) is 22.8 Å². The maximum atomic E-state index is 13.3. The Bertz CT molecular complexity index is 1270. The van der Waals surface area contributed by atoms with Gasteiger partial charge in [0.2, 0.25) is 11.3 Å². The summed E-state index contributed by atoms with van der Waals surface area (Å²) >= 11 is 0. The number of nitrogens with one attached hydrogen (secondary N) is 2. The first-order valence-corrected chi connectivity index (χ1v) is 11.1. The summed E-state index contributed by atoms with van der Waals surface area (Å²) in [6.45, 7) is 0.524. The molecule has 0 bridgehead atoms. The van der Waals surface area contributed by atoms with Crippen molar-refractivity contribution in [1.82, 2.24) is 10.0 Å². The van der Waals surface area contributed by atoms with Crippen LogP contribution in [-0.2, 0) is 11.3 Å². The number of hydrogen-bond donors (Lipinski definition) is 3. The highest BCUT2D eigenvalue weighted by molar-refractivity contribution is 6.06. The minimum absolute atomic E-state index is 0.0247. The van der Waals surface area contributed by atoms with Gasteiger partial charge in [0.15, 0.2) is 0 Å². The molecule has 10 nitrogen and oxygen atoms in total. The molecule has 3 N–H and O–H groups in total. The van der Waals surface area contributed by atoms with Gasteiger partial charge in [0, 0.05) is 25.2 Å². The van der Waals surface area contributed by atoms with Crippen molar-refractivity contribution in [3.8, 4) is 17.2 Å². The molecule has 35 heavy (non-hydrogen) atoms. The molecule has 2 amide bonds. The monoisotopic (exact) mass is 483 g/mol. The van der Waals surface area contributed by atoms with Gasteiger partial charge in [-0.05, 0) is 43.2 Å². The Kier molecular flexibility index (Phi) is 8.69. The number of aromatic nitrogens is 1. The molecule has 3 rings (SSSR count). The van der Waals surface area contributed by atoms with Crippen molar-refractivity contribution in [1.29, 1.82) is 0 Å². The normalized spacial score (nSPS) is 10.6. The predicted octanol–water partition coefficient (Wildman–Crippen LogP) is 3.35. The fourth-order valence-electron chi connectivity index (χ4n) is 3.74. The second-order valence-electron chi connectivity index (χ2n) is 7.81. The number of nitrogens with zero attached hydrogens (tertiary/aromatic N) is 1. The minimum Gasteiger partial charge on any atom is -0.497 e. The van der Waals surface area contributed by atoms with E-state index in [1.165, 1.54) is 21.3 Å². The molecule has 10 heteroatoms. The van der Waals surface area contributed by atoms with Gasteiger partial charge in [-0.1, -0.05) is 6.42 Å². The summed E-state index contributed by atoms with van der Waals surface area (Å²) in [5.74, 6) is 0.463. The average Bonchev–Trinajstić information content (AvgIpc) is 2.89. The first-order valence-electron chi connectivity index (χ1n) is 11.1. The van der Waals surface area contributed by atoms with Crippen LogP contribution in [0.5, 0.6) is 17.2 Å². The zero-order valence-electron chi connectivity index (χ0n) is 19.9. The lowest BCUT2D eigenvalue weighted by Crippen LogP contribution is -2.24. The third-order valence-electron chi connectivity index (χ3n) is 5.62. The molecule has 0 aliphatic rings. The van der Waals surface area contributed by atoms with Crippen molar-refractivity contribution in [3.63, 3.8) is 0 Å². The molecule has 0 radical (unpaired) electrons. The summed E-state index contributed by atoms with van der Waals surface area (Å²) in [4.78, 5) is 37.6. The maximum absolute atomic E-state index is 13.3. The van der Waals surface area contributed by atoms with Crippen LogP contribution in [0, 0.1) is 0 Å². The zero-order chi connectivity index (χ0) is 25.4. The van der Waals surface area contributed by atoms with Crippen LogP contribution in [0.3, 0.4) is 0 Å². The molecule has 2 aromatic carbocycles. The number of carbonyl (C=O) groups excluding carboxylic acids is 2. The summed E-state index contributed by atoms with van der Waals surface area (Å²) in [7, 11) is 4.51. The third kappa shape index (κ3) is 6.10. The first-order chi connectivity index (χ1) is 16.9. The van der Waals surface area contributed by atoms with Gasteiger partial charge in [-0.25, -0.2) is 5.48 Å². The van der Waals surface area contributed by atoms with Crippen molar-refractivity contribution in [2.45, 2.75) is 32.2 Å². The van der Waals surface area contributed by atoms with Crippen molar-refractivity contribution in [2.75, 3.05) is 26.6 Å². The molecule has 1 heterocycles. The average molecular weight is 484 g/mol. The van der Waals surface area contributed by atoms with Crippen molar-refractivity contribution in [2.24, 2.45) is 0 Å². The van der Waals surface area contributed by atoms with E-state index in [4.69, 9.17) is 19.4 Å². The van der Waals surface area contributed by atoms with Crippen LogP contribution >= 0.6 is 0 Å². The number of carbonyl (C=O) groups is 2. The van der Waals surface area contributed by atoms with E-state index in [9.17, 15) is 14.4 Å². The van der Waals surface area contributed by atoms with E-state index in [0.29, 0.717) is 53.2 Å². The molecule has 0 aliphatic carbocycles. The van der Waals surface area contributed by atoms with E-state index in [0.717, 1.165) is 6.42 Å². The fourth-order valence-corrected chi connectivity index (χ4v) is 3.74. The quantitative estimate of drug-likeness (QED) is 0.217. The van der Waals surface area contributed by atoms with Crippen LogP contribution < -0.4 is 30.4 Å². The second-order valence-corrected chi connectivity index (χ2v) is 7.81. The number of fused-ring (bicyclic) bond motifs is 1. The number of methoxy groups -OCH3 is 3. The number of unbranched alkanes of at least 4 members (excludes halogenated alkanes) is 2. The molecular weight excluding hydrogens is 454 g/mol. The van der Waals surface area contributed by atoms with E-state index < -0.39 is 17.2 Å². The first kappa shape index (κ1) is 25.6. The Hall–Kier alpha value is -4.05. The number of ether oxygens (including phenoxy) is 3. The number of rotatable bonds is 11. The van der Waals surface area contributed by atoms with Crippen LogP contribution in [0.4, 0.5) is 5.69 Å². The van der Waals surface area contributed by atoms with Gasteiger partial charge in [-0.2, -0.15) is 0 Å². The lowest BCUT2D eigenvalue weighted by atomic mass is 10.1. The number of hydroxylamine groups is 1. The largest absolute Gasteiger partial charge is 0.497 e. The Morgan fingerprint density at radius 2 is 1.66 bits per heavy atom. The molecule has 1 aromatic heterocycles. The highest BCUT2D eigenvalue weighted by Crippen LogP contribution is 2.29. The van der Waals surface area contributed by atoms with Crippen molar-refractivity contribution < 1.29 is 29.0 Å². The molecule has 186 valence electrons. The predicted molar refractivity (Wildman–Crippen MR) is 131 cm³/mol. The third-order valence-corrected chi connectivity index (χ3v) is 5.62. The Morgan fingerprint density at radius 3 is 2.34 bits per heavy atom. The highest BCUT2D eigenvalue weighted by atomic mass is 16.5. The number of pyridine rings is 1. The van der Waals surface area contributed by atoms with E-state index >= 15 is 0 Å². The Labute approximate surface area is 202 Å². The summed E-state index contributed by atoms with van der Waals surface area (Å²) in [6.07, 6.45) is 3.79. The second kappa shape index (κ2) is 11.9. The number of anilines is 1. The molecule has 0 fully saturated rings. The Morgan fingerprint density at radius 1 is 0.943 bits per heavy atom. The molecule has 0 aliphatic heterocycles. The molecule has 3 aromatic rings. The number of benzene rings is 2. The smallest absolute Gasteiger partial charge is 0.261 e. The topological polar surface area (TPSA) is 128 Å². The zero-order valence-corrected chi connectivity index (χ0v) is 19.9. The van der Waals surface area contributed by atoms with E-state index in [1.54, 1.807) is 48.1 Å². The van der Waals surface area contributed by atoms with Gasteiger partial charge >= 0.3 is 0 Å². The van der Waals surface area contributed by atoms with Gasteiger partial charge in [0.25, 0.3) is 5.91 Å². The van der Waals surface area contributed by atoms with Crippen LogP contribution in [-0.4, -0.2) is 42.9 Å². The van der Waals surface area contributed by atoms with Crippen LogP contribution in [0.1, 0.15) is 36.0 Å². The van der Waals surface area contributed by atoms with Gasteiger partial charge in [-0.3, -0.25) is 19.6 Å². The van der Waals surface area contributed by atoms with Crippen LogP contribution in [0.15, 0.2) is 47.4 Å². The maximum Gasteiger partial charge on any atom is 0.261 e. The highest BCUT2D eigenvalue weighted by Gasteiger charge is 2.18. The molecular formula is C25H29N3O7. The number of aryl methyl sites for hydroxylation is 1. The molecule has 0 unspecified atom stereocenters. The minimum atomic E-state index is -0.573. The lowest BCUT2D eigenvalue weighted by Gasteiger charge is -2.15. The van der Waals surface area contributed by atoms with Gasteiger partial charge in [-0.15, -0.1) is 0 Å². The van der Waals surface area contributed by atoms with Crippen molar-refractivity contribution in [3.05, 3.63) is 58.4 Å². The summed E-state index contributed by atoms with van der Waals surface area (Å²) < 4.78 is 17.7. The number of hydrogen-bond acceptors (Lipinski definition) is 7. The van der Waals surface area contributed by atoms with Gasteiger partial charge in [0.05, 0.1) is 37.9 Å².